The molecule has 9 N–H and O–H groups in total. The lowest BCUT2D eigenvalue weighted by molar-refractivity contribution is -0.870. The van der Waals surface area contributed by atoms with Gasteiger partial charge in [-0.15, -0.1) is 0 Å². The van der Waals surface area contributed by atoms with Crippen molar-refractivity contribution in [3.05, 3.63) is 12.2 Å². The number of phosphoric ester groups is 1. The van der Waals surface area contributed by atoms with Gasteiger partial charge in [-0.2, -0.15) is 0 Å². The van der Waals surface area contributed by atoms with Crippen LogP contribution in [0.4, 0.5) is 0 Å². The predicted octanol–water partition coefficient (Wildman–Crippen LogP) is 8.65. The Morgan fingerprint density at radius 2 is 1.01 bits per heavy atom. The molecule has 456 valence electrons. The van der Waals surface area contributed by atoms with Gasteiger partial charge in [0, 0.05) is 6.42 Å². The number of carbonyl (C=O) groups excluding carboxylic acids is 1. The Kier molecular flexibility index (Phi) is 39.8. The van der Waals surface area contributed by atoms with E-state index in [9.17, 15) is 50.0 Å². The lowest BCUT2D eigenvalue weighted by Gasteiger charge is -2.43. The molecule has 2 heterocycles. The van der Waals surface area contributed by atoms with E-state index in [2.05, 4.69) is 26.1 Å². The second-order valence-corrected chi connectivity index (χ2v) is 25.1. The number of rotatable bonds is 48. The number of quaternary nitrogens is 1. The van der Waals surface area contributed by atoms with E-state index in [4.69, 9.17) is 28.0 Å². The minimum Gasteiger partial charge on any atom is -0.387 e. The Bertz CT molecular complexity index is 1530. The summed E-state index contributed by atoms with van der Waals surface area (Å²) < 4.78 is 46.0. The molecule has 18 nitrogen and oxygen atoms in total. The average molecular weight is 1130 g/mol. The van der Waals surface area contributed by atoms with Crippen molar-refractivity contribution in [1.82, 2.24) is 5.32 Å². The van der Waals surface area contributed by atoms with E-state index >= 15 is 0 Å². The number of carbonyl (C=O) groups is 1. The van der Waals surface area contributed by atoms with Crippen LogP contribution in [0.25, 0.3) is 0 Å². The number of amides is 1. The molecule has 77 heavy (non-hydrogen) atoms. The third kappa shape index (κ3) is 34.1. The zero-order valence-electron chi connectivity index (χ0n) is 48.9. The Balaban J connectivity index is 1.89. The van der Waals surface area contributed by atoms with Gasteiger partial charge >= 0.3 is 7.82 Å². The van der Waals surface area contributed by atoms with E-state index in [1.54, 1.807) is 6.08 Å². The van der Waals surface area contributed by atoms with E-state index < -0.39 is 94.6 Å². The molecule has 0 aromatic heterocycles. The number of nitrogens with one attached hydrogen (secondary N) is 1. The summed E-state index contributed by atoms with van der Waals surface area (Å²) in [5, 5.41) is 78.8. The van der Waals surface area contributed by atoms with E-state index in [0.717, 1.165) is 50.9 Å². The zero-order valence-corrected chi connectivity index (χ0v) is 49.7. The quantitative estimate of drug-likeness (QED) is 0.0119. The molecule has 0 spiro atoms. The molecule has 0 aromatic rings. The summed E-state index contributed by atoms with van der Waals surface area (Å²) in [6.45, 7) is 5.40. The smallest absolute Gasteiger partial charge is 0.387 e. The first-order valence-corrected chi connectivity index (χ1v) is 31.9. The van der Waals surface area contributed by atoms with Gasteiger partial charge in [-0.05, 0) is 25.2 Å². The molecule has 2 fully saturated rings. The molecule has 2 rings (SSSR count). The third-order valence-corrected chi connectivity index (χ3v) is 15.9. The van der Waals surface area contributed by atoms with Gasteiger partial charge in [0.05, 0.1) is 53.1 Å². The summed E-state index contributed by atoms with van der Waals surface area (Å²) in [7, 11) is 0.994. The second kappa shape index (κ2) is 42.6. The van der Waals surface area contributed by atoms with Crippen LogP contribution >= 0.6 is 7.82 Å². The third-order valence-electron chi connectivity index (χ3n) is 14.9. The molecule has 0 saturated carbocycles. The molecule has 13 atom stereocenters. The van der Waals surface area contributed by atoms with Crippen LogP contribution in [0, 0.1) is 5.92 Å². The first-order valence-electron chi connectivity index (χ1n) is 30.4. The number of ether oxygens (including phenoxy) is 4. The van der Waals surface area contributed by atoms with Gasteiger partial charge < -0.3 is 69.4 Å². The molecule has 1 unspecified atom stereocenters. The first-order chi connectivity index (χ1) is 36.8. The minimum atomic E-state index is -4.61. The summed E-state index contributed by atoms with van der Waals surface area (Å²) in [6.07, 6.45) is 22.5. The van der Waals surface area contributed by atoms with Gasteiger partial charge in [-0.25, -0.2) is 4.57 Å². The van der Waals surface area contributed by atoms with E-state index in [-0.39, 0.29) is 25.5 Å². The number of unbranched alkanes of at least 4 members (excludes halogenated alkanes) is 27. The van der Waals surface area contributed by atoms with Gasteiger partial charge in [0.25, 0.3) is 0 Å². The normalized spacial score (nSPS) is 25.9. The first kappa shape index (κ1) is 71.9. The molecular weight excluding hydrogens is 1010 g/mol. The molecule has 0 bridgehead atoms. The lowest BCUT2D eigenvalue weighted by Crippen LogP contribution is -2.62. The Labute approximate surface area is 465 Å². The largest absolute Gasteiger partial charge is 0.472 e. The molecule has 0 radical (unpaired) electrons. The van der Waals surface area contributed by atoms with Crippen molar-refractivity contribution in [2.24, 2.45) is 5.92 Å². The van der Waals surface area contributed by atoms with Crippen LogP contribution in [0.3, 0.4) is 0 Å². The summed E-state index contributed by atoms with van der Waals surface area (Å²) in [5.41, 5.74) is 0. The average Bonchev–Trinajstić information content (AvgIpc) is 3.38. The van der Waals surface area contributed by atoms with Crippen molar-refractivity contribution < 1.29 is 82.5 Å². The van der Waals surface area contributed by atoms with Crippen molar-refractivity contribution in [3.8, 4) is 0 Å². The van der Waals surface area contributed by atoms with Gasteiger partial charge in [0.15, 0.2) is 12.6 Å². The topological polar surface area (TPSA) is 263 Å². The van der Waals surface area contributed by atoms with Crippen LogP contribution in [0.5, 0.6) is 0 Å². The number of likely N-dealkylation sites (N-methyl/N-ethyl adjacent to an activating group) is 1. The maximum Gasteiger partial charge on any atom is 0.472 e. The monoisotopic (exact) mass is 1130 g/mol. The van der Waals surface area contributed by atoms with Gasteiger partial charge in [-0.3, -0.25) is 13.8 Å². The molecule has 19 heteroatoms. The van der Waals surface area contributed by atoms with Crippen LogP contribution < -0.4 is 5.32 Å². The Hall–Kier alpha value is -1.16. The van der Waals surface area contributed by atoms with Crippen molar-refractivity contribution in [1.29, 1.82) is 0 Å². The molecule has 0 aromatic carbocycles. The molecular formula is C58H114N2O16P+. The summed E-state index contributed by atoms with van der Waals surface area (Å²) in [4.78, 5) is 23.5. The molecule has 2 saturated heterocycles. The zero-order chi connectivity index (χ0) is 56.9. The molecule has 2 aliphatic heterocycles. The van der Waals surface area contributed by atoms with E-state index in [1.807, 2.05) is 27.2 Å². The van der Waals surface area contributed by atoms with Crippen LogP contribution in [0.15, 0.2) is 12.2 Å². The number of nitrogens with zero attached hydrogens (tertiary/aromatic N) is 1. The lowest BCUT2D eigenvalue weighted by atomic mass is 9.98. The Morgan fingerprint density at radius 1 is 0.584 bits per heavy atom. The molecule has 0 aliphatic carbocycles. The number of aliphatic hydroxyl groups is 7. The molecule has 2 aliphatic rings. The van der Waals surface area contributed by atoms with Gasteiger partial charge in [-0.1, -0.05) is 206 Å². The highest BCUT2D eigenvalue weighted by Crippen LogP contribution is 2.44. The number of allylic oxidation sites excluding steroid dienone is 1. The number of aliphatic hydroxyl groups excluding tert-OH is 7. The highest BCUT2D eigenvalue weighted by Gasteiger charge is 2.48. The SMILES string of the molecule is CCCCCCCCCCCCCCCCCCCCCCC(=O)N[C@@H](CO[C@@H]1O[C@H](CO[C@@H]2O[C@H](COP(=O)(O)OCC[N+](C)(C)C)[C@H](O)[C@H](O)[C@H]2O)[C@H](O)[C@H](O)[C@H]1O)[C@H](O)/C=C/CCCCCCCCCCC(C)C. The highest BCUT2D eigenvalue weighted by molar-refractivity contribution is 7.47. The van der Waals surface area contributed by atoms with Crippen LogP contribution in [-0.4, -0.2) is 179 Å². The predicted molar refractivity (Wildman–Crippen MR) is 301 cm³/mol. The van der Waals surface area contributed by atoms with E-state index in [0.29, 0.717) is 17.4 Å². The van der Waals surface area contributed by atoms with Crippen molar-refractivity contribution >= 4 is 13.7 Å². The van der Waals surface area contributed by atoms with Crippen LogP contribution in [0.2, 0.25) is 0 Å². The van der Waals surface area contributed by atoms with Crippen LogP contribution in [0.1, 0.15) is 220 Å². The maximum absolute atomic E-state index is 13.3. The number of hydrogen-bond acceptors (Lipinski definition) is 15. The fourth-order valence-corrected chi connectivity index (χ4v) is 10.4. The summed E-state index contributed by atoms with van der Waals surface area (Å²) in [6, 6.07) is -0.954. The van der Waals surface area contributed by atoms with Crippen molar-refractivity contribution in [2.75, 3.05) is 54.1 Å². The maximum atomic E-state index is 13.3. The van der Waals surface area contributed by atoms with Crippen molar-refractivity contribution in [2.45, 2.75) is 293 Å². The summed E-state index contributed by atoms with van der Waals surface area (Å²) in [5.74, 6) is 0.490. The van der Waals surface area contributed by atoms with E-state index in [1.165, 1.54) is 141 Å². The van der Waals surface area contributed by atoms with Gasteiger partial charge in [0.2, 0.25) is 5.91 Å². The minimum absolute atomic E-state index is 0.112. The fourth-order valence-electron chi connectivity index (χ4n) is 9.70. The Morgan fingerprint density at radius 3 is 1.48 bits per heavy atom. The van der Waals surface area contributed by atoms with Crippen LogP contribution in [-0.2, 0) is 37.4 Å². The highest BCUT2D eigenvalue weighted by atomic mass is 31.2. The van der Waals surface area contributed by atoms with Crippen molar-refractivity contribution in [3.63, 3.8) is 0 Å². The fraction of sp³-hybridized carbons (Fsp3) is 0.948. The molecule has 1 amide bonds. The summed E-state index contributed by atoms with van der Waals surface area (Å²) >= 11 is 0. The second-order valence-electron chi connectivity index (χ2n) is 23.7. The standard InChI is InChI=1S/C58H113N2O16P/c1-7-8-9-10-11-12-13-14-15-16-17-18-19-20-21-22-27-30-33-36-39-50(62)59-46(47(61)38-35-32-29-26-24-23-25-28-31-34-37-45(2)3)42-71-57-55(67)53(65)51(63)48(75-57)43-72-58-56(68)54(66)52(64)49(76-58)44-74-77(69,70)73-41-40-60(4,5)6/h35,38,45-49,51-58,61,63-68H,7-34,36-37,39-44H2,1-6H3,(H-,59,62,69,70)/p+1/b38-35+/t46-,47+,48+,49+,51-,52-,53-,54-,55+,56+,57+,58+/m0/s1. The number of phosphoric acid groups is 1. The van der Waals surface area contributed by atoms with Gasteiger partial charge in [0.1, 0.15) is 62.0 Å². The number of hydrogen-bond donors (Lipinski definition) is 9.